The minimum absolute atomic E-state index is 0.141. The van der Waals surface area contributed by atoms with Crippen molar-refractivity contribution in [3.63, 3.8) is 0 Å². The minimum Gasteiger partial charge on any atom is -0.337 e. The molecule has 1 spiro atoms. The molecule has 0 radical (unpaired) electrons. The van der Waals surface area contributed by atoms with Gasteiger partial charge in [-0.3, -0.25) is 13.8 Å². The summed E-state index contributed by atoms with van der Waals surface area (Å²) in [5.74, 6) is 0.0852. The van der Waals surface area contributed by atoms with Crippen LogP contribution < -0.4 is 4.31 Å². The highest BCUT2D eigenvalue weighted by Gasteiger charge is 2.57. The lowest BCUT2D eigenvalue weighted by molar-refractivity contribution is 0.0694. The largest absolute Gasteiger partial charge is 0.337 e. The van der Waals surface area contributed by atoms with Crippen molar-refractivity contribution in [3.8, 4) is 0 Å². The predicted octanol–water partition coefficient (Wildman–Crippen LogP) is 2.36. The molecule has 0 bridgehead atoms. The number of para-hydroxylation sites is 1. The number of hydrogen-bond donors (Lipinski definition) is 0. The smallest absolute Gasteiger partial charge is 0.274 e. The summed E-state index contributed by atoms with van der Waals surface area (Å²) < 4.78 is 29.5. The molecule has 1 amide bonds. The van der Waals surface area contributed by atoms with Crippen LogP contribution in [0.4, 0.5) is 5.69 Å². The summed E-state index contributed by atoms with van der Waals surface area (Å²) in [4.78, 5) is 14.4. The second kappa shape index (κ2) is 6.62. The predicted molar refractivity (Wildman–Crippen MR) is 108 cm³/mol. The Morgan fingerprint density at radius 3 is 2.46 bits per heavy atom. The Hall–Kier alpha value is -2.35. The average Bonchev–Trinajstić information content (AvgIpc) is 3.17. The standard InChI is InChI=1S/C20H26N4O3S/c1-15(2)14-24-18-7-5-4-6-16(18)20(28(24,26)27)9-12-23(13-10-20)19(25)17-8-11-22(3)21-17/h4-8,11,15H,9-10,12-14H2,1-3H3. The molecule has 28 heavy (non-hydrogen) atoms. The molecule has 2 aliphatic rings. The lowest BCUT2D eigenvalue weighted by Crippen LogP contribution is -2.50. The van der Waals surface area contributed by atoms with Gasteiger partial charge in [-0.2, -0.15) is 5.10 Å². The third-order valence-corrected chi connectivity index (χ3v) is 8.31. The monoisotopic (exact) mass is 402 g/mol. The number of benzene rings is 1. The molecule has 8 heteroatoms. The van der Waals surface area contributed by atoms with E-state index in [1.165, 1.54) is 0 Å². The molecule has 1 aromatic heterocycles. The zero-order valence-corrected chi connectivity index (χ0v) is 17.3. The number of hydrogen-bond acceptors (Lipinski definition) is 4. The first-order chi connectivity index (χ1) is 13.3. The van der Waals surface area contributed by atoms with Crippen LogP contribution in [0.3, 0.4) is 0 Å². The number of aryl methyl sites for hydroxylation is 1. The van der Waals surface area contributed by atoms with Crippen LogP contribution in [-0.2, 0) is 21.8 Å². The molecule has 1 saturated heterocycles. The van der Waals surface area contributed by atoms with Gasteiger partial charge in [0, 0.05) is 32.9 Å². The molecule has 1 aromatic carbocycles. The van der Waals surface area contributed by atoms with Gasteiger partial charge < -0.3 is 4.90 Å². The fraction of sp³-hybridized carbons (Fsp3) is 0.500. The van der Waals surface area contributed by atoms with Crippen molar-refractivity contribution < 1.29 is 13.2 Å². The number of fused-ring (bicyclic) bond motifs is 2. The van der Waals surface area contributed by atoms with E-state index in [-0.39, 0.29) is 11.8 Å². The Labute approximate surface area is 166 Å². The van der Waals surface area contributed by atoms with E-state index in [0.29, 0.717) is 38.2 Å². The maximum Gasteiger partial charge on any atom is 0.274 e. The SMILES string of the molecule is CC(C)CN1c2ccccc2C2(CCN(C(=O)c3ccn(C)n3)CC2)S1(=O)=O. The normalized spacial score (nSPS) is 20.0. The molecule has 0 N–H and O–H groups in total. The van der Waals surface area contributed by atoms with Crippen molar-refractivity contribution in [3.05, 3.63) is 47.8 Å². The van der Waals surface area contributed by atoms with Gasteiger partial charge in [0.05, 0.1) is 5.69 Å². The number of anilines is 1. The van der Waals surface area contributed by atoms with Gasteiger partial charge in [0.15, 0.2) is 0 Å². The van der Waals surface area contributed by atoms with Crippen molar-refractivity contribution in [1.29, 1.82) is 0 Å². The van der Waals surface area contributed by atoms with E-state index < -0.39 is 14.8 Å². The van der Waals surface area contributed by atoms with Crippen LogP contribution in [0.5, 0.6) is 0 Å². The topological polar surface area (TPSA) is 75.5 Å². The van der Waals surface area contributed by atoms with E-state index in [1.807, 2.05) is 38.1 Å². The summed E-state index contributed by atoms with van der Waals surface area (Å²) in [7, 11) is -1.77. The van der Waals surface area contributed by atoms with Gasteiger partial charge in [0.25, 0.3) is 5.91 Å². The summed E-state index contributed by atoms with van der Waals surface area (Å²) in [6, 6.07) is 9.32. The molecule has 2 aliphatic heterocycles. The number of rotatable bonds is 3. The zero-order valence-electron chi connectivity index (χ0n) is 16.5. The highest BCUT2D eigenvalue weighted by Crippen LogP contribution is 2.52. The molecule has 4 rings (SSSR count). The molecule has 0 atom stereocenters. The number of piperidine rings is 1. The number of carbonyl (C=O) groups excluding carboxylic acids is 1. The number of sulfonamides is 1. The van der Waals surface area contributed by atoms with E-state index in [4.69, 9.17) is 0 Å². The number of amides is 1. The van der Waals surface area contributed by atoms with Crippen molar-refractivity contribution in [2.24, 2.45) is 13.0 Å². The molecular formula is C20H26N4O3S. The van der Waals surface area contributed by atoms with Crippen LogP contribution in [0.25, 0.3) is 0 Å². The van der Waals surface area contributed by atoms with Crippen LogP contribution in [0, 0.1) is 5.92 Å². The highest BCUT2D eigenvalue weighted by molar-refractivity contribution is 7.94. The van der Waals surface area contributed by atoms with E-state index in [0.717, 1.165) is 11.3 Å². The van der Waals surface area contributed by atoms with Gasteiger partial charge in [-0.1, -0.05) is 32.0 Å². The number of nitrogens with zero attached hydrogens (tertiary/aromatic N) is 4. The van der Waals surface area contributed by atoms with Gasteiger partial charge in [-0.25, -0.2) is 8.42 Å². The summed E-state index contributed by atoms with van der Waals surface area (Å²) >= 11 is 0. The Bertz CT molecular complexity index is 1000. The lowest BCUT2D eigenvalue weighted by Gasteiger charge is -2.39. The number of aromatic nitrogens is 2. The van der Waals surface area contributed by atoms with Crippen molar-refractivity contribution in [2.75, 3.05) is 23.9 Å². The fourth-order valence-electron chi connectivity index (χ4n) is 4.37. The van der Waals surface area contributed by atoms with Crippen molar-refractivity contribution in [2.45, 2.75) is 31.4 Å². The first-order valence-corrected chi connectivity index (χ1v) is 11.1. The van der Waals surface area contributed by atoms with Crippen LogP contribution in [-0.4, -0.2) is 48.6 Å². The first kappa shape index (κ1) is 19.0. The van der Waals surface area contributed by atoms with Crippen LogP contribution >= 0.6 is 0 Å². The van der Waals surface area contributed by atoms with Crippen LogP contribution in [0.15, 0.2) is 36.5 Å². The maximum absolute atomic E-state index is 13.6. The van der Waals surface area contributed by atoms with Gasteiger partial charge in [-0.05, 0) is 36.5 Å². The van der Waals surface area contributed by atoms with Gasteiger partial charge >= 0.3 is 0 Å². The fourth-order valence-corrected chi connectivity index (χ4v) is 6.86. The Kier molecular flexibility index (Phi) is 4.49. The van der Waals surface area contributed by atoms with Crippen LogP contribution in [0.2, 0.25) is 0 Å². The molecule has 0 unspecified atom stereocenters. The van der Waals surface area contributed by atoms with E-state index in [9.17, 15) is 13.2 Å². The molecule has 2 aromatic rings. The lowest BCUT2D eigenvalue weighted by atomic mass is 9.87. The Balaban J connectivity index is 1.64. The van der Waals surface area contributed by atoms with Crippen molar-refractivity contribution in [1.82, 2.24) is 14.7 Å². The second-order valence-corrected chi connectivity index (χ2v) is 10.3. The number of likely N-dealkylation sites (tertiary alicyclic amines) is 1. The number of carbonyl (C=O) groups is 1. The van der Waals surface area contributed by atoms with E-state index >= 15 is 0 Å². The Morgan fingerprint density at radius 1 is 1.18 bits per heavy atom. The van der Waals surface area contributed by atoms with E-state index in [1.54, 1.807) is 33.2 Å². The molecule has 150 valence electrons. The van der Waals surface area contributed by atoms with Gasteiger partial charge in [-0.15, -0.1) is 0 Å². The van der Waals surface area contributed by atoms with Gasteiger partial charge in [0.2, 0.25) is 10.0 Å². The Morgan fingerprint density at radius 2 is 1.86 bits per heavy atom. The first-order valence-electron chi connectivity index (χ1n) is 9.67. The third kappa shape index (κ3) is 2.73. The summed E-state index contributed by atoms with van der Waals surface area (Å²) in [6.45, 7) is 5.32. The molecule has 0 saturated carbocycles. The molecule has 1 fully saturated rings. The maximum atomic E-state index is 13.6. The summed E-state index contributed by atoms with van der Waals surface area (Å²) in [6.07, 6.45) is 2.54. The highest BCUT2D eigenvalue weighted by atomic mass is 32.2. The molecule has 0 aliphatic carbocycles. The van der Waals surface area contributed by atoms with E-state index in [2.05, 4.69) is 5.10 Å². The summed E-state index contributed by atoms with van der Waals surface area (Å²) in [5, 5.41) is 4.18. The average molecular weight is 403 g/mol. The second-order valence-electron chi connectivity index (χ2n) is 8.11. The van der Waals surface area contributed by atoms with Crippen LogP contribution in [0.1, 0.15) is 42.7 Å². The summed E-state index contributed by atoms with van der Waals surface area (Å²) in [5.41, 5.74) is 2.07. The third-order valence-electron chi connectivity index (χ3n) is 5.77. The molecule has 3 heterocycles. The molecule has 7 nitrogen and oxygen atoms in total. The minimum atomic E-state index is -3.54. The quantitative estimate of drug-likeness (QED) is 0.790. The zero-order chi connectivity index (χ0) is 20.1. The van der Waals surface area contributed by atoms with Gasteiger partial charge in [0.1, 0.15) is 10.4 Å². The molecular weight excluding hydrogens is 376 g/mol. The van der Waals surface area contributed by atoms with Crippen molar-refractivity contribution >= 4 is 21.6 Å².